The third kappa shape index (κ3) is 3.60. The highest BCUT2D eigenvalue weighted by molar-refractivity contribution is 6.33. The zero-order chi connectivity index (χ0) is 13.1. The van der Waals surface area contributed by atoms with Crippen LogP contribution < -0.4 is 10.6 Å². The molecule has 0 atom stereocenters. The summed E-state index contributed by atoms with van der Waals surface area (Å²) in [7, 11) is 1.74. The largest absolute Gasteiger partial charge is 0.373 e. The van der Waals surface area contributed by atoms with Crippen LogP contribution in [0.3, 0.4) is 0 Å². The Morgan fingerprint density at radius 1 is 1.47 bits per heavy atom. The fourth-order valence-electron chi connectivity index (χ4n) is 1.20. The molecule has 1 heterocycles. The molecule has 0 aliphatic rings. The van der Waals surface area contributed by atoms with Crippen molar-refractivity contribution in [1.29, 1.82) is 0 Å². The van der Waals surface area contributed by atoms with Gasteiger partial charge in [-0.15, -0.1) is 0 Å². The predicted molar refractivity (Wildman–Crippen MR) is 70.6 cm³/mol. The van der Waals surface area contributed by atoms with Gasteiger partial charge in [0.2, 0.25) is 0 Å². The lowest BCUT2D eigenvalue weighted by Crippen LogP contribution is -2.43. The lowest BCUT2D eigenvalue weighted by atomic mass is 10.0. The van der Waals surface area contributed by atoms with Crippen LogP contribution in [0.1, 0.15) is 37.7 Å². The monoisotopic (exact) mass is 255 g/mol. The van der Waals surface area contributed by atoms with Gasteiger partial charge in [-0.3, -0.25) is 4.79 Å². The Labute approximate surface area is 107 Å². The molecule has 0 saturated carbocycles. The van der Waals surface area contributed by atoms with Crippen molar-refractivity contribution in [3.63, 3.8) is 0 Å². The molecule has 0 aliphatic carbocycles. The first-order valence-electron chi connectivity index (χ1n) is 5.56. The Hall–Kier alpha value is -1.29. The van der Waals surface area contributed by atoms with E-state index >= 15 is 0 Å². The third-order valence-electron chi connectivity index (χ3n) is 2.65. The summed E-state index contributed by atoms with van der Waals surface area (Å²) in [6.07, 6.45) is 0.835. The van der Waals surface area contributed by atoms with E-state index in [2.05, 4.69) is 15.6 Å². The lowest BCUT2D eigenvalue weighted by Gasteiger charge is -2.24. The highest BCUT2D eigenvalue weighted by atomic mass is 35.5. The van der Waals surface area contributed by atoms with Crippen molar-refractivity contribution in [3.05, 3.63) is 22.8 Å². The zero-order valence-electron chi connectivity index (χ0n) is 10.6. The van der Waals surface area contributed by atoms with Gasteiger partial charge in [0.05, 0.1) is 5.02 Å². The van der Waals surface area contributed by atoms with E-state index in [1.165, 1.54) is 0 Å². The maximum absolute atomic E-state index is 12.0. The zero-order valence-corrected chi connectivity index (χ0v) is 11.4. The molecule has 0 radical (unpaired) electrons. The number of carbonyl (C=O) groups excluding carboxylic acids is 1. The molecule has 1 amide bonds. The number of aromatic nitrogens is 1. The number of pyridine rings is 1. The summed E-state index contributed by atoms with van der Waals surface area (Å²) >= 11 is 5.97. The van der Waals surface area contributed by atoms with E-state index in [1.54, 1.807) is 19.2 Å². The summed E-state index contributed by atoms with van der Waals surface area (Å²) in [5.41, 5.74) is -0.0161. The topological polar surface area (TPSA) is 54.0 Å². The minimum atomic E-state index is -0.266. The van der Waals surface area contributed by atoms with Crippen molar-refractivity contribution in [2.45, 2.75) is 32.7 Å². The van der Waals surface area contributed by atoms with Crippen LogP contribution in [-0.4, -0.2) is 23.5 Å². The van der Waals surface area contributed by atoms with Gasteiger partial charge in [0.1, 0.15) is 11.5 Å². The second kappa shape index (κ2) is 5.36. The van der Waals surface area contributed by atoms with Gasteiger partial charge in [-0.25, -0.2) is 4.98 Å². The van der Waals surface area contributed by atoms with Gasteiger partial charge in [-0.1, -0.05) is 18.5 Å². The van der Waals surface area contributed by atoms with Crippen LogP contribution in [0.25, 0.3) is 0 Å². The first kappa shape index (κ1) is 13.8. The van der Waals surface area contributed by atoms with Gasteiger partial charge in [0, 0.05) is 12.6 Å². The Morgan fingerprint density at radius 3 is 2.65 bits per heavy atom. The maximum Gasteiger partial charge on any atom is 0.271 e. The molecule has 0 saturated heterocycles. The van der Waals surface area contributed by atoms with Gasteiger partial charge >= 0.3 is 0 Å². The molecule has 0 unspecified atom stereocenters. The molecule has 2 N–H and O–H groups in total. The molecule has 0 aliphatic heterocycles. The van der Waals surface area contributed by atoms with Gasteiger partial charge in [0.15, 0.2) is 0 Å². The smallest absolute Gasteiger partial charge is 0.271 e. The normalized spacial score (nSPS) is 11.1. The standard InChI is InChI=1S/C12H18ClN3O/c1-5-12(2,3)16-11(17)10-8(13)6-7-9(14-4)15-10/h6-7H,5H2,1-4H3,(H,14,15)(H,16,17). The molecule has 1 aromatic heterocycles. The van der Waals surface area contributed by atoms with E-state index in [9.17, 15) is 4.79 Å². The van der Waals surface area contributed by atoms with Gasteiger partial charge in [-0.2, -0.15) is 0 Å². The molecule has 0 spiro atoms. The highest BCUT2D eigenvalue weighted by Gasteiger charge is 2.21. The second-order valence-corrected chi connectivity index (χ2v) is 4.88. The van der Waals surface area contributed by atoms with Crippen molar-refractivity contribution in [1.82, 2.24) is 10.3 Å². The number of hydrogen-bond acceptors (Lipinski definition) is 3. The Balaban J connectivity index is 2.96. The number of nitrogens with one attached hydrogen (secondary N) is 2. The average Bonchev–Trinajstić information content (AvgIpc) is 2.29. The quantitative estimate of drug-likeness (QED) is 0.870. The average molecular weight is 256 g/mol. The van der Waals surface area contributed by atoms with Crippen molar-refractivity contribution in [2.75, 3.05) is 12.4 Å². The van der Waals surface area contributed by atoms with Crippen LogP contribution >= 0.6 is 11.6 Å². The predicted octanol–water partition coefficient (Wildman–Crippen LogP) is 2.70. The van der Waals surface area contributed by atoms with Crippen LogP contribution in [0.5, 0.6) is 0 Å². The maximum atomic E-state index is 12.0. The molecule has 4 nitrogen and oxygen atoms in total. The molecule has 0 fully saturated rings. The molecule has 0 aromatic carbocycles. The molecule has 1 aromatic rings. The molecular formula is C12H18ClN3O. The Kier molecular flexibility index (Phi) is 4.34. The van der Waals surface area contributed by atoms with Crippen LogP contribution in [0.4, 0.5) is 5.82 Å². The minimum absolute atomic E-state index is 0.250. The van der Waals surface area contributed by atoms with E-state index in [0.29, 0.717) is 10.8 Å². The Bertz CT molecular complexity index is 418. The first-order chi connectivity index (χ1) is 7.89. The molecular weight excluding hydrogens is 238 g/mol. The van der Waals surface area contributed by atoms with E-state index < -0.39 is 0 Å². The number of nitrogens with zero attached hydrogens (tertiary/aromatic N) is 1. The minimum Gasteiger partial charge on any atom is -0.373 e. The van der Waals surface area contributed by atoms with Crippen molar-refractivity contribution < 1.29 is 4.79 Å². The summed E-state index contributed by atoms with van der Waals surface area (Å²) < 4.78 is 0. The molecule has 5 heteroatoms. The first-order valence-corrected chi connectivity index (χ1v) is 5.94. The third-order valence-corrected chi connectivity index (χ3v) is 2.96. The summed E-state index contributed by atoms with van der Waals surface area (Å²) in [4.78, 5) is 16.2. The van der Waals surface area contributed by atoms with Crippen LogP contribution in [0.15, 0.2) is 12.1 Å². The van der Waals surface area contributed by atoms with E-state index in [0.717, 1.165) is 6.42 Å². The summed E-state index contributed by atoms with van der Waals surface area (Å²) in [5, 5.41) is 6.13. The fourth-order valence-corrected chi connectivity index (χ4v) is 1.39. The number of carbonyl (C=O) groups is 1. The fraction of sp³-hybridized carbons (Fsp3) is 0.500. The summed E-state index contributed by atoms with van der Waals surface area (Å²) in [5.74, 6) is 0.368. The number of amides is 1. The summed E-state index contributed by atoms with van der Waals surface area (Å²) in [6, 6.07) is 3.39. The van der Waals surface area contributed by atoms with Gasteiger partial charge in [0.25, 0.3) is 5.91 Å². The number of anilines is 1. The van der Waals surface area contributed by atoms with Crippen molar-refractivity contribution in [2.24, 2.45) is 0 Å². The van der Waals surface area contributed by atoms with Gasteiger partial charge in [-0.05, 0) is 32.4 Å². The van der Waals surface area contributed by atoms with E-state index in [1.807, 2.05) is 20.8 Å². The van der Waals surface area contributed by atoms with Crippen LogP contribution in [0, 0.1) is 0 Å². The SMILES string of the molecule is CCC(C)(C)NC(=O)c1nc(NC)ccc1Cl. The Morgan fingerprint density at radius 2 is 2.12 bits per heavy atom. The summed E-state index contributed by atoms with van der Waals surface area (Å²) in [6.45, 7) is 5.93. The van der Waals surface area contributed by atoms with Gasteiger partial charge < -0.3 is 10.6 Å². The number of halogens is 1. The molecule has 94 valence electrons. The van der Waals surface area contributed by atoms with Crippen LogP contribution in [0.2, 0.25) is 5.02 Å². The highest BCUT2D eigenvalue weighted by Crippen LogP contribution is 2.18. The molecule has 0 bridgehead atoms. The van der Waals surface area contributed by atoms with E-state index in [-0.39, 0.29) is 17.1 Å². The van der Waals surface area contributed by atoms with Crippen molar-refractivity contribution in [3.8, 4) is 0 Å². The number of hydrogen-bond donors (Lipinski definition) is 2. The second-order valence-electron chi connectivity index (χ2n) is 4.47. The number of rotatable bonds is 4. The van der Waals surface area contributed by atoms with Crippen molar-refractivity contribution >= 4 is 23.3 Å². The molecule has 17 heavy (non-hydrogen) atoms. The van der Waals surface area contributed by atoms with E-state index in [4.69, 9.17) is 11.6 Å². The molecule has 1 rings (SSSR count). The lowest BCUT2D eigenvalue weighted by molar-refractivity contribution is 0.0906. The van der Waals surface area contributed by atoms with Crippen LogP contribution in [-0.2, 0) is 0 Å².